The van der Waals surface area contributed by atoms with Crippen molar-refractivity contribution in [3.8, 4) is 0 Å². The molecular formula is C16H24N2. The Kier molecular flexibility index (Phi) is 3.67. The SMILES string of the molecule is NC1CCC(N2CCc3ccccc3CC2)CC1. The largest absolute Gasteiger partial charge is 0.328 e. The van der Waals surface area contributed by atoms with E-state index < -0.39 is 0 Å². The van der Waals surface area contributed by atoms with Gasteiger partial charge in [-0.05, 0) is 49.7 Å². The average molecular weight is 244 g/mol. The minimum atomic E-state index is 0.463. The third kappa shape index (κ3) is 2.60. The van der Waals surface area contributed by atoms with Crippen molar-refractivity contribution in [1.82, 2.24) is 4.90 Å². The number of nitrogens with two attached hydrogens (primary N) is 1. The van der Waals surface area contributed by atoms with Crippen molar-refractivity contribution in [3.63, 3.8) is 0 Å². The van der Waals surface area contributed by atoms with Gasteiger partial charge in [0.1, 0.15) is 0 Å². The summed E-state index contributed by atoms with van der Waals surface area (Å²) in [6.45, 7) is 2.47. The van der Waals surface area contributed by atoms with Crippen molar-refractivity contribution in [2.45, 2.75) is 50.6 Å². The molecule has 3 rings (SSSR count). The number of benzene rings is 1. The van der Waals surface area contributed by atoms with Gasteiger partial charge in [0.2, 0.25) is 0 Å². The zero-order chi connectivity index (χ0) is 12.4. The average Bonchev–Trinajstić information content (AvgIpc) is 2.62. The Hall–Kier alpha value is -0.860. The van der Waals surface area contributed by atoms with E-state index in [2.05, 4.69) is 29.2 Å². The monoisotopic (exact) mass is 244 g/mol. The molecule has 0 atom stereocenters. The van der Waals surface area contributed by atoms with E-state index in [0.29, 0.717) is 6.04 Å². The van der Waals surface area contributed by atoms with E-state index in [1.165, 1.54) is 51.6 Å². The van der Waals surface area contributed by atoms with Crippen LogP contribution in [0.3, 0.4) is 0 Å². The summed E-state index contributed by atoms with van der Waals surface area (Å²) in [5.41, 5.74) is 9.13. The molecule has 0 unspecified atom stereocenters. The molecule has 0 amide bonds. The summed E-state index contributed by atoms with van der Waals surface area (Å²) >= 11 is 0. The Morgan fingerprint density at radius 1 is 0.889 bits per heavy atom. The van der Waals surface area contributed by atoms with Gasteiger partial charge in [-0.3, -0.25) is 4.90 Å². The van der Waals surface area contributed by atoms with Crippen molar-refractivity contribution < 1.29 is 0 Å². The highest BCUT2D eigenvalue weighted by Gasteiger charge is 2.25. The lowest BCUT2D eigenvalue weighted by atomic mass is 9.90. The maximum atomic E-state index is 6.01. The van der Waals surface area contributed by atoms with Crippen molar-refractivity contribution in [3.05, 3.63) is 35.4 Å². The molecule has 2 aliphatic rings. The molecule has 0 spiro atoms. The zero-order valence-corrected chi connectivity index (χ0v) is 11.1. The highest BCUT2D eigenvalue weighted by atomic mass is 15.2. The molecule has 2 heteroatoms. The van der Waals surface area contributed by atoms with Crippen LogP contribution in [0.2, 0.25) is 0 Å². The lowest BCUT2D eigenvalue weighted by molar-refractivity contribution is 0.156. The van der Waals surface area contributed by atoms with Gasteiger partial charge >= 0.3 is 0 Å². The Labute approximate surface area is 110 Å². The predicted molar refractivity (Wildman–Crippen MR) is 75.7 cm³/mol. The fraction of sp³-hybridized carbons (Fsp3) is 0.625. The van der Waals surface area contributed by atoms with Crippen molar-refractivity contribution >= 4 is 0 Å². The Balaban J connectivity index is 1.64. The van der Waals surface area contributed by atoms with Crippen LogP contribution in [0.25, 0.3) is 0 Å². The molecule has 1 aliphatic carbocycles. The molecular weight excluding hydrogens is 220 g/mol. The summed E-state index contributed by atoms with van der Waals surface area (Å²) in [7, 11) is 0. The Bertz CT molecular complexity index is 367. The summed E-state index contributed by atoms with van der Waals surface area (Å²) in [6.07, 6.45) is 7.48. The summed E-state index contributed by atoms with van der Waals surface area (Å²) in [4.78, 5) is 2.71. The highest BCUT2D eigenvalue weighted by Crippen LogP contribution is 2.25. The van der Waals surface area contributed by atoms with E-state index in [1.54, 1.807) is 11.1 Å². The first-order valence-electron chi connectivity index (χ1n) is 7.39. The van der Waals surface area contributed by atoms with E-state index in [9.17, 15) is 0 Å². The van der Waals surface area contributed by atoms with Crippen molar-refractivity contribution in [1.29, 1.82) is 0 Å². The van der Waals surface area contributed by atoms with E-state index in [0.717, 1.165) is 6.04 Å². The van der Waals surface area contributed by atoms with Crippen LogP contribution in [0.5, 0.6) is 0 Å². The van der Waals surface area contributed by atoms with Crippen LogP contribution in [0.1, 0.15) is 36.8 Å². The lowest BCUT2D eigenvalue weighted by Crippen LogP contribution is -2.42. The molecule has 0 aromatic heterocycles. The molecule has 1 aliphatic heterocycles. The van der Waals surface area contributed by atoms with E-state index in [4.69, 9.17) is 5.73 Å². The van der Waals surface area contributed by atoms with Crippen LogP contribution in [0.15, 0.2) is 24.3 Å². The van der Waals surface area contributed by atoms with Gasteiger partial charge in [-0.1, -0.05) is 24.3 Å². The van der Waals surface area contributed by atoms with Crippen LogP contribution in [0, 0.1) is 0 Å². The molecule has 1 saturated carbocycles. The third-order valence-electron chi connectivity index (χ3n) is 4.71. The molecule has 2 N–H and O–H groups in total. The van der Waals surface area contributed by atoms with Gasteiger partial charge in [0.15, 0.2) is 0 Å². The summed E-state index contributed by atoms with van der Waals surface area (Å²) in [6, 6.07) is 10.2. The molecule has 2 nitrogen and oxygen atoms in total. The molecule has 0 radical (unpaired) electrons. The number of nitrogens with zero attached hydrogens (tertiary/aromatic N) is 1. The van der Waals surface area contributed by atoms with E-state index >= 15 is 0 Å². The molecule has 1 heterocycles. The first-order chi connectivity index (χ1) is 8.83. The number of fused-ring (bicyclic) bond motifs is 1. The second-order valence-corrected chi connectivity index (χ2v) is 5.87. The molecule has 18 heavy (non-hydrogen) atoms. The van der Waals surface area contributed by atoms with Crippen LogP contribution in [-0.4, -0.2) is 30.1 Å². The van der Waals surface area contributed by atoms with Crippen LogP contribution < -0.4 is 5.73 Å². The highest BCUT2D eigenvalue weighted by molar-refractivity contribution is 5.28. The summed E-state index contributed by atoms with van der Waals surface area (Å²) < 4.78 is 0. The minimum Gasteiger partial charge on any atom is -0.328 e. The molecule has 0 bridgehead atoms. The van der Waals surface area contributed by atoms with Gasteiger partial charge < -0.3 is 5.73 Å². The number of rotatable bonds is 1. The van der Waals surface area contributed by atoms with Crippen molar-refractivity contribution in [2.24, 2.45) is 5.73 Å². The van der Waals surface area contributed by atoms with Gasteiger partial charge in [0.05, 0.1) is 0 Å². The Morgan fingerprint density at radius 3 is 2.00 bits per heavy atom. The summed E-state index contributed by atoms with van der Waals surface area (Å²) in [5, 5.41) is 0. The third-order valence-corrected chi connectivity index (χ3v) is 4.71. The zero-order valence-electron chi connectivity index (χ0n) is 11.1. The minimum absolute atomic E-state index is 0.463. The second-order valence-electron chi connectivity index (χ2n) is 5.87. The smallest absolute Gasteiger partial charge is 0.00966 e. The molecule has 1 aromatic rings. The number of hydrogen-bond acceptors (Lipinski definition) is 2. The fourth-order valence-corrected chi connectivity index (χ4v) is 3.52. The van der Waals surface area contributed by atoms with Gasteiger partial charge in [0, 0.05) is 25.2 Å². The molecule has 0 saturated heterocycles. The van der Waals surface area contributed by atoms with Gasteiger partial charge in [-0.25, -0.2) is 0 Å². The van der Waals surface area contributed by atoms with Crippen LogP contribution >= 0.6 is 0 Å². The molecule has 1 aromatic carbocycles. The molecule has 98 valence electrons. The molecule has 1 fully saturated rings. The number of hydrogen-bond donors (Lipinski definition) is 1. The standard InChI is InChI=1S/C16H24N2/c17-15-5-7-16(8-6-15)18-11-9-13-3-1-2-4-14(13)10-12-18/h1-4,15-16H,5-12,17H2. The van der Waals surface area contributed by atoms with Crippen LogP contribution in [-0.2, 0) is 12.8 Å². The Morgan fingerprint density at radius 2 is 1.44 bits per heavy atom. The second kappa shape index (κ2) is 5.41. The van der Waals surface area contributed by atoms with Gasteiger partial charge in [0.25, 0.3) is 0 Å². The first kappa shape index (κ1) is 12.2. The normalized spacial score (nSPS) is 29.6. The van der Waals surface area contributed by atoms with Crippen LogP contribution in [0.4, 0.5) is 0 Å². The fourth-order valence-electron chi connectivity index (χ4n) is 3.52. The van der Waals surface area contributed by atoms with E-state index in [1.807, 2.05) is 0 Å². The van der Waals surface area contributed by atoms with Gasteiger partial charge in [-0.2, -0.15) is 0 Å². The maximum Gasteiger partial charge on any atom is 0.00966 e. The van der Waals surface area contributed by atoms with Crippen molar-refractivity contribution in [2.75, 3.05) is 13.1 Å². The maximum absolute atomic E-state index is 6.01. The van der Waals surface area contributed by atoms with Gasteiger partial charge in [-0.15, -0.1) is 0 Å². The first-order valence-corrected chi connectivity index (χ1v) is 7.39. The van der Waals surface area contributed by atoms with E-state index in [-0.39, 0.29) is 0 Å². The topological polar surface area (TPSA) is 29.3 Å². The predicted octanol–water partition coefficient (Wildman–Crippen LogP) is 2.36. The quantitative estimate of drug-likeness (QED) is 0.821. The summed E-state index contributed by atoms with van der Waals surface area (Å²) in [5.74, 6) is 0. The lowest BCUT2D eigenvalue weighted by Gasteiger charge is -2.35.